The Labute approximate surface area is 200 Å². The summed E-state index contributed by atoms with van der Waals surface area (Å²) in [6.45, 7) is 6.40. The van der Waals surface area contributed by atoms with E-state index in [1.54, 1.807) is 36.5 Å². The van der Waals surface area contributed by atoms with Crippen LogP contribution < -0.4 is 4.90 Å². The van der Waals surface area contributed by atoms with Crippen molar-refractivity contribution in [3.05, 3.63) is 89.5 Å². The van der Waals surface area contributed by atoms with Gasteiger partial charge in [0.1, 0.15) is 11.8 Å². The maximum absolute atomic E-state index is 13.3. The first-order valence-electron chi connectivity index (χ1n) is 10.8. The lowest BCUT2D eigenvalue weighted by Gasteiger charge is -2.21. The fourth-order valence-corrected chi connectivity index (χ4v) is 5.03. The fourth-order valence-electron chi connectivity index (χ4n) is 3.99. The molecule has 1 atom stereocenters. The summed E-state index contributed by atoms with van der Waals surface area (Å²) in [5.74, 6) is -1.80. The minimum Gasteiger partial charge on any atom is -0.507 e. The second-order valence-corrected chi connectivity index (χ2v) is 10.1. The average Bonchev–Trinajstić information content (AvgIpc) is 3.37. The van der Waals surface area contributed by atoms with Crippen LogP contribution in [0.25, 0.3) is 16.0 Å². The van der Waals surface area contributed by atoms with E-state index in [2.05, 4.69) is 41.8 Å². The number of Topliss-reactive ketones (excluding diaryl/α,β-unsaturated/α-hetero) is 1. The molecule has 0 bridgehead atoms. The Bertz CT molecular complexity index is 1440. The minimum atomic E-state index is -0.906. The van der Waals surface area contributed by atoms with Gasteiger partial charge in [-0.15, -0.1) is 0 Å². The molecule has 1 fully saturated rings. The van der Waals surface area contributed by atoms with Crippen molar-refractivity contribution >= 4 is 44.1 Å². The number of hydrogen-bond acceptors (Lipinski definition) is 7. The van der Waals surface area contributed by atoms with Gasteiger partial charge in [0.15, 0.2) is 5.13 Å². The Kier molecular flexibility index (Phi) is 5.25. The van der Waals surface area contributed by atoms with Crippen molar-refractivity contribution < 1.29 is 14.7 Å². The molecule has 1 saturated heterocycles. The number of aromatic nitrogens is 3. The number of ketones is 1. The third-order valence-electron chi connectivity index (χ3n) is 5.82. The predicted octanol–water partition coefficient (Wildman–Crippen LogP) is 5.01. The first kappa shape index (κ1) is 21.9. The number of carbonyl (C=O) groups excluding carboxylic acids is 2. The first-order valence-corrected chi connectivity index (χ1v) is 11.6. The lowest BCUT2D eigenvalue weighted by molar-refractivity contribution is -0.132. The van der Waals surface area contributed by atoms with E-state index in [9.17, 15) is 14.7 Å². The molecule has 4 heterocycles. The second kappa shape index (κ2) is 8.14. The number of pyridine rings is 2. The standard InChI is InChI=1S/C26H22N4O3S/c1-26(2,3)16-7-8-17-19(14-16)34-25(29-17)30-21(18-6-4-5-11-28-18)20(23(32)24(30)33)22(31)15-9-12-27-13-10-15/h4-14,21,31H,1-3H3/b22-20+. The molecule has 1 aliphatic rings. The summed E-state index contributed by atoms with van der Waals surface area (Å²) in [5, 5.41) is 11.5. The fraction of sp³-hybridized carbons (Fsp3) is 0.192. The largest absolute Gasteiger partial charge is 0.507 e. The monoisotopic (exact) mass is 470 g/mol. The Morgan fingerprint density at radius 3 is 2.47 bits per heavy atom. The zero-order valence-electron chi connectivity index (χ0n) is 18.9. The van der Waals surface area contributed by atoms with Crippen LogP contribution in [0.15, 0.2) is 72.7 Å². The number of aliphatic hydroxyl groups is 1. The molecule has 0 aliphatic carbocycles. The highest BCUT2D eigenvalue weighted by Gasteiger charge is 2.48. The van der Waals surface area contributed by atoms with Crippen LogP contribution in [-0.2, 0) is 15.0 Å². The normalized spacial score (nSPS) is 18.1. The number of benzene rings is 1. The van der Waals surface area contributed by atoms with Crippen molar-refractivity contribution in [2.45, 2.75) is 32.2 Å². The van der Waals surface area contributed by atoms with Crippen molar-refractivity contribution in [1.29, 1.82) is 0 Å². The van der Waals surface area contributed by atoms with Gasteiger partial charge >= 0.3 is 5.91 Å². The summed E-state index contributed by atoms with van der Waals surface area (Å²) in [7, 11) is 0. The van der Waals surface area contributed by atoms with Crippen LogP contribution in [0, 0.1) is 0 Å². The van der Waals surface area contributed by atoms with Gasteiger partial charge in [-0.1, -0.05) is 44.2 Å². The third-order valence-corrected chi connectivity index (χ3v) is 6.83. The molecule has 0 spiro atoms. The van der Waals surface area contributed by atoms with E-state index in [1.165, 1.54) is 28.6 Å². The predicted molar refractivity (Wildman–Crippen MR) is 132 cm³/mol. The van der Waals surface area contributed by atoms with E-state index in [1.807, 2.05) is 12.1 Å². The van der Waals surface area contributed by atoms with E-state index in [0.717, 1.165) is 15.8 Å². The quantitative estimate of drug-likeness (QED) is 0.257. The Balaban J connectivity index is 1.70. The van der Waals surface area contributed by atoms with Crippen LogP contribution in [0.3, 0.4) is 0 Å². The van der Waals surface area contributed by atoms with Crippen LogP contribution in [0.1, 0.15) is 43.6 Å². The molecule has 1 amide bonds. The smallest absolute Gasteiger partial charge is 0.301 e. The minimum absolute atomic E-state index is 0.0236. The van der Waals surface area contributed by atoms with Gasteiger partial charge in [0.05, 0.1) is 21.5 Å². The maximum Gasteiger partial charge on any atom is 0.301 e. The number of fused-ring (bicyclic) bond motifs is 1. The van der Waals surface area contributed by atoms with E-state index in [0.29, 0.717) is 16.4 Å². The molecule has 1 unspecified atom stereocenters. The number of aliphatic hydroxyl groups excluding tert-OH is 1. The molecule has 3 aromatic heterocycles. The second-order valence-electron chi connectivity index (χ2n) is 9.09. The Hall–Kier alpha value is -3.91. The first-order chi connectivity index (χ1) is 16.3. The van der Waals surface area contributed by atoms with E-state index < -0.39 is 17.7 Å². The SMILES string of the molecule is CC(C)(C)c1ccc2nc(N3C(=O)C(=O)/C(=C(/O)c4ccncc4)C3c3ccccn3)sc2c1. The van der Waals surface area contributed by atoms with Gasteiger partial charge in [-0.25, -0.2) is 4.98 Å². The third kappa shape index (κ3) is 3.66. The molecule has 0 radical (unpaired) electrons. The summed E-state index contributed by atoms with van der Waals surface area (Å²) in [6, 6.07) is 13.6. The van der Waals surface area contributed by atoms with Crippen LogP contribution >= 0.6 is 11.3 Å². The molecule has 1 aromatic carbocycles. The zero-order chi connectivity index (χ0) is 24.0. The number of rotatable bonds is 3. The van der Waals surface area contributed by atoms with Crippen molar-refractivity contribution in [3.8, 4) is 0 Å². The number of carbonyl (C=O) groups is 2. The molecule has 0 saturated carbocycles. The Morgan fingerprint density at radius 2 is 1.79 bits per heavy atom. The van der Waals surface area contributed by atoms with Gasteiger partial charge in [-0.2, -0.15) is 0 Å². The molecule has 170 valence electrons. The van der Waals surface area contributed by atoms with Crippen LogP contribution in [0.2, 0.25) is 0 Å². The summed E-state index contributed by atoms with van der Waals surface area (Å²) < 4.78 is 0.915. The zero-order valence-corrected chi connectivity index (χ0v) is 19.7. The number of anilines is 1. The highest BCUT2D eigenvalue weighted by Crippen LogP contribution is 2.44. The summed E-state index contributed by atoms with van der Waals surface area (Å²) in [4.78, 5) is 40.9. The van der Waals surface area contributed by atoms with Gasteiger partial charge in [0.25, 0.3) is 5.78 Å². The average molecular weight is 471 g/mol. The van der Waals surface area contributed by atoms with Gasteiger partial charge in [-0.3, -0.25) is 24.5 Å². The summed E-state index contributed by atoms with van der Waals surface area (Å²) in [6.07, 6.45) is 4.62. The highest BCUT2D eigenvalue weighted by molar-refractivity contribution is 7.22. The van der Waals surface area contributed by atoms with Crippen molar-refractivity contribution in [2.75, 3.05) is 4.90 Å². The molecule has 5 rings (SSSR count). The molecule has 1 N–H and O–H groups in total. The number of hydrogen-bond donors (Lipinski definition) is 1. The molecule has 34 heavy (non-hydrogen) atoms. The van der Waals surface area contributed by atoms with Crippen LogP contribution in [0.5, 0.6) is 0 Å². The van der Waals surface area contributed by atoms with Crippen molar-refractivity contribution in [3.63, 3.8) is 0 Å². The summed E-state index contributed by atoms with van der Waals surface area (Å²) >= 11 is 1.34. The highest BCUT2D eigenvalue weighted by atomic mass is 32.1. The summed E-state index contributed by atoms with van der Waals surface area (Å²) in [5.41, 5.74) is 2.69. The van der Waals surface area contributed by atoms with E-state index in [-0.39, 0.29) is 16.7 Å². The van der Waals surface area contributed by atoms with Gasteiger partial charge < -0.3 is 5.11 Å². The molecular weight excluding hydrogens is 448 g/mol. The van der Waals surface area contributed by atoms with Gasteiger partial charge in [-0.05, 0) is 47.4 Å². The van der Waals surface area contributed by atoms with Gasteiger partial charge in [0, 0.05) is 24.2 Å². The van der Waals surface area contributed by atoms with Crippen LogP contribution in [0.4, 0.5) is 5.13 Å². The number of nitrogens with zero attached hydrogens (tertiary/aromatic N) is 4. The van der Waals surface area contributed by atoms with E-state index in [4.69, 9.17) is 0 Å². The van der Waals surface area contributed by atoms with E-state index >= 15 is 0 Å². The molecule has 4 aromatic rings. The lowest BCUT2D eigenvalue weighted by Crippen LogP contribution is -2.29. The van der Waals surface area contributed by atoms with Crippen molar-refractivity contribution in [1.82, 2.24) is 15.0 Å². The molecule has 1 aliphatic heterocycles. The molecule has 7 nitrogen and oxygen atoms in total. The number of amides is 1. The molecular formula is C26H22N4O3S. The number of thiazole rings is 1. The maximum atomic E-state index is 13.3. The topological polar surface area (TPSA) is 96.3 Å². The Morgan fingerprint density at radius 1 is 1.03 bits per heavy atom. The van der Waals surface area contributed by atoms with Gasteiger partial charge in [0.2, 0.25) is 0 Å². The van der Waals surface area contributed by atoms with Crippen molar-refractivity contribution in [2.24, 2.45) is 0 Å². The lowest BCUT2D eigenvalue weighted by atomic mass is 9.87. The molecule has 8 heteroatoms. The van der Waals surface area contributed by atoms with Crippen LogP contribution in [-0.4, -0.2) is 31.7 Å².